The first-order chi connectivity index (χ1) is 16.9. The minimum Gasteiger partial charge on any atom is -0.308 e. The van der Waals surface area contributed by atoms with E-state index in [1.807, 2.05) is 24.3 Å². The van der Waals surface area contributed by atoms with E-state index < -0.39 is 12.1 Å². The lowest BCUT2D eigenvalue weighted by Gasteiger charge is -2.09. The lowest BCUT2D eigenvalue weighted by atomic mass is 10.3. The van der Waals surface area contributed by atoms with Gasteiger partial charge in [-0.15, -0.1) is 0 Å². The zero-order valence-corrected chi connectivity index (χ0v) is 19.0. The van der Waals surface area contributed by atoms with Gasteiger partial charge in [0.1, 0.15) is 11.6 Å². The van der Waals surface area contributed by atoms with Crippen molar-refractivity contribution in [2.24, 2.45) is 0 Å². The second-order valence-electron chi connectivity index (χ2n) is 7.32. The third kappa shape index (κ3) is 7.31. The van der Waals surface area contributed by atoms with Crippen LogP contribution in [0.3, 0.4) is 0 Å². The Morgan fingerprint density at radius 3 is 1.00 bits per heavy atom. The SMILES string of the molecule is O=C(Nc1ccc(F)cc1)Nc1ccc(Sc2ccc(NC(=O)Nc3ccc(F)cc3)cc2)cc1. The van der Waals surface area contributed by atoms with Gasteiger partial charge in [0.15, 0.2) is 0 Å². The lowest BCUT2D eigenvalue weighted by molar-refractivity contribution is 0.261. The van der Waals surface area contributed by atoms with Crippen molar-refractivity contribution in [2.75, 3.05) is 21.3 Å². The van der Waals surface area contributed by atoms with Gasteiger partial charge in [-0.3, -0.25) is 0 Å². The fourth-order valence-electron chi connectivity index (χ4n) is 3.00. The molecule has 0 aromatic heterocycles. The number of urea groups is 2. The van der Waals surface area contributed by atoms with Crippen LogP contribution < -0.4 is 21.3 Å². The van der Waals surface area contributed by atoms with E-state index in [0.29, 0.717) is 22.7 Å². The fraction of sp³-hybridized carbons (Fsp3) is 0. The van der Waals surface area contributed by atoms with Crippen molar-refractivity contribution in [3.63, 3.8) is 0 Å². The fourth-order valence-corrected chi connectivity index (χ4v) is 3.82. The quantitative estimate of drug-likeness (QED) is 0.227. The monoisotopic (exact) mass is 490 g/mol. The predicted molar refractivity (Wildman–Crippen MR) is 135 cm³/mol. The van der Waals surface area contributed by atoms with Gasteiger partial charge in [-0.2, -0.15) is 0 Å². The summed E-state index contributed by atoms with van der Waals surface area (Å²) in [5.74, 6) is -0.746. The third-order valence-electron chi connectivity index (χ3n) is 4.66. The Labute approximate surface area is 204 Å². The summed E-state index contributed by atoms with van der Waals surface area (Å²) >= 11 is 1.52. The van der Waals surface area contributed by atoms with E-state index >= 15 is 0 Å². The number of nitrogens with one attached hydrogen (secondary N) is 4. The number of hydrogen-bond donors (Lipinski definition) is 4. The molecule has 4 aromatic carbocycles. The molecular weight excluding hydrogens is 470 g/mol. The molecule has 0 fully saturated rings. The van der Waals surface area contributed by atoms with E-state index in [2.05, 4.69) is 21.3 Å². The van der Waals surface area contributed by atoms with Crippen LogP contribution in [0, 0.1) is 11.6 Å². The van der Waals surface area contributed by atoms with E-state index in [0.717, 1.165) is 9.79 Å². The molecule has 0 unspecified atom stereocenters. The van der Waals surface area contributed by atoms with Crippen LogP contribution >= 0.6 is 11.8 Å². The lowest BCUT2D eigenvalue weighted by Crippen LogP contribution is -2.19. The van der Waals surface area contributed by atoms with Crippen LogP contribution in [0.15, 0.2) is 107 Å². The van der Waals surface area contributed by atoms with Crippen LogP contribution in [0.5, 0.6) is 0 Å². The summed E-state index contributed by atoms with van der Waals surface area (Å²) in [6, 6.07) is 24.8. The topological polar surface area (TPSA) is 82.3 Å². The summed E-state index contributed by atoms with van der Waals surface area (Å²) in [5.41, 5.74) is 2.20. The zero-order chi connectivity index (χ0) is 24.6. The highest BCUT2D eigenvalue weighted by molar-refractivity contribution is 7.99. The van der Waals surface area contributed by atoms with Crippen molar-refractivity contribution < 1.29 is 18.4 Å². The molecule has 0 saturated carbocycles. The average Bonchev–Trinajstić information content (AvgIpc) is 2.84. The summed E-state index contributed by atoms with van der Waals surface area (Å²) in [6.45, 7) is 0. The highest BCUT2D eigenvalue weighted by atomic mass is 32.2. The molecule has 0 spiro atoms. The molecule has 0 radical (unpaired) electrons. The summed E-state index contributed by atoms with van der Waals surface area (Å²) in [4.78, 5) is 26.1. The Balaban J connectivity index is 1.26. The van der Waals surface area contributed by atoms with Gasteiger partial charge in [0.2, 0.25) is 0 Å². The van der Waals surface area contributed by atoms with E-state index in [9.17, 15) is 18.4 Å². The average molecular weight is 491 g/mol. The van der Waals surface area contributed by atoms with Crippen molar-refractivity contribution in [2.45, 2.75) is 9.79 Å². The first-order valence-corrected chi connectivity index (χ1v) is 11.3. The molecule has 0 aliphatic rings. The van der Waals surface area contributed by atoms with Crippen molar-refractivity contribution in [1.29, 1.82) is 0 Å². The molecule has 0 aliphatic carbocycles. The van der Waals surface area contributed by atoms with E-state index in [1.165, 1.54) is 60.3 Å². The van der Waals surface area contributed by atoms with Crippen molar-refractivity contribution >= 4 is 46.6 Å². The van der Waals surface area contributed by atoms with Crippen LogP contribution in [0.1, 0.15) is 0 Å². The Morgan fingerprint density at radius 1 is 0.457 bits per heavy atom. The number of rotatable bonds is 6. The van der Waals surface area contributed by atoms with Gasteiger partial charge in [0.05, 0.1) is 0 Å². The Hall–Kier alpha value is -4.37. The Morgan fingerprint density at radius 2 is 0.714 bits per heavy atom. The molecule has 35 heavy (non-hydrogen) atoms. The number of hydrogen-bond acceptors (Lipinski definition) is 3. The molecule has 176 valence electrons. The van der Waals surface area contributed by atoms with E-state index in [-0.39, 0.29) is 11.6 Å². The van der Waals surface area contributed by atoms with Gasteiger partial charge < -0.3 is 21.3 Å². The summed E-state index contributed by atoms with van der Waals surface area (Å²) < 4.78 is 25.9. The second-order valence-corrected chi connectivity index (χ2v) is 8.47. The number of benzene rings is 4. The minimum atomic E-state index is -0.427. The van der Waals surface area contributed by atoms with Crippen LogP contribution in [0.2, 0.25) is 0 Å². The molecule has 0 atom stereocenters. The van der Waals surface area contributed by atoms with Crippen LogP contribution in [-0.2, 0) is 0 Å². The highest BCUT2D eigenvalue weighted by Crippen LogP contribution is 2.29. The second kappa shape index (κ2) is 11.2. The molecule has 0 heterocycles. The summed E-state index contributed by atoms with van der Waals surface area (Å²) in [5, 5.41) is 10.7. The van der Waals surface area contributed by atoms with Gasteiger partial charge in [-0.25, -0.2) is 18.4 Å². The molecule has 6 nitrogen and oxygen atoms in total. The largest absolute Gasteiger partial charge is 0.323 e. The van der Waals surface area contributed by atoms with Gasteiger partial charge in [-0.1, -0.05) is 11.8 Å². The summed E-state index contributed by atoms with van der Waals surface area (Å²) in [7, 11) is 0. The molecule has 0 aliphatic heterocycles. The number of halogens is 2. The standard InChI is InChI=1S/C26H20F2N4O2S/c27-17-1-5-19(6-2-17)29-25(33)31-21-9-13-23(14-10-21)35-24-15-11-22(12-16-24)32-26(34)30-20-7-3-18(28)4-8-20/h1-16H,(H2,29,31,33)(H2,30,32,34). The van der Waals surface area contributed by atoms with Gasteiger partial charge >= 0.3 is 12.1 Å². The smallest absolute Gasteiger partial charge is 0.308 e. The minimum absolute atomic E-state index is 0.373. The molecule has 4 aromatic rings. The molecule has 4 rings (SSSR count). The molecule has 4 N–H and O–H groups in total. The first kappa shape index (κ1) is 23.8. The Bertz CT molecular complexity index is 1190. The number of amides is 4. The van der Waals surface area contributed by atoms with Crippen molar-refractivity contribution in [3.05, 3.63) is 109 Å². The molecule has 0 bridgehead atoms. The highest BCUT2D eigenvalue weighted by Gasteiger charge is 2.06. The Kier molecular flexibility index (Phi) is 7.59. The normalized spacial score (nSPS) is 10.3. The zero-order valence-electron chi connectivity index (χ0n) is 18.2. The maximum absolute atomic E-state index is 13.0. The first-order valence-electron chi connectivity index (χ1n) is 10.5. The molecular formula is C26H20F2N4O2S. The van der Waals surface area contributed by atoms with Crippen molar-refractivity contribution in [1.82, 2.24) is 0 Å². The van der Waals surface area contributed by atoms with Gasteiger partial charge in [-0.05, 0) is 97.1 Å². The van der Waals surface area contributed by atoms with Crippen molar-refractivity contribution in [3.8, 4) is 0 Å². The molecule has 4 amide bonds. The molecule has 9 heteroatoms. The van der Waals surface area contributed by atoms with E-state index in [4.69, 9.17) is 0 Å². The van der Waals surface area contributed by atoms with Gasteiger partial charge in [0, 0.05) is 32.5 Å². The summed E-state index contributed by atoms with van der Waals surface area (Å²) in [6.07, 6.45) is 0. The van der Waals surface area contributed by atoms with Crippen LogP contribution in [-0.4, -0.2) is 12.1 Å². The third-order valence-corrected chi connectivity index (χ3v) is 5.68. The van der Waals surface area contributed by atoms with E-state index in [1.54, 1.807) is 24.3 Å². The maximum Gasteiger partial charge on any atom is 0.323 e. The number of carbonyl (C=O) groups is 2. The van der Waals surface area contributed by atoms with Crippen LogP contribution in [0.4, 0.5) is 41.1 Å². The van der Waals surface area contributed by atoms with Crippen LogP contribution in [0.25, 0.3) is 0 Å². The predicted octanol–water partition coefficient (Wildman–Crippen LogP) is 7.40. The maximum atomic E-state index is 13.0. The number of anilines is 4. The molecule has 0 saturated heterocycles. The number of carbonyl (C=O) groups excluding carboxylic acids is 2. The van der Waals surface area contributed by atoms with Gasteiger partial charge in [0.25, 0.3) is 0 Å².